The standard InChI is InChI=1S/C20H23N7/c1-26(2)19-10-17(27(3)25-19)9-16-8-14(11-22)4-5-18(16)20-23-12-15(6-7-21)13-24-20/h4-5,8,10,12-13H,6-7,9,21H2,1-3H3. The molecular formula is C20H23N7. The minimum atomic E-state index is 0.569. The Hall–Kier alpha value is -3.24. The molecule has 0 unspecified atom stereocenters. The monoisotopic (exact) mass is 361 g/mol. The molecule has 0 fully saturated rings. The first-order valence-corrected chi connectivity index (χ1v) is 8.76. The molecule has 1 aromatic carbocycles. The van der Waals surface area contributed by atoms with Crippen LogP contribution < -0.4 is 10.6 Å². The molecule has 0 aliphatic rings. The first-order chi connectivity index (χ1) is 13.0. The van der Waals surface area contributed by atoms with Crippen molar-refractivity contribution in [3.8, 4) is 17.5 Å². The van der Waals surface area contributed by atoms with E-state index in [1.54, 1.807) is 6.07 Å². The lowest BCUT2D eigenvalue weighted by atomic mass is 9.99. The third kappa shape index (κ3) is 4.13. The average Bonchev–Trinajstić information content (AvgIpc) is 3.03. The lowest BCUT2D eigenvalue weighted by molar-refractivity contribution is 0.721. The van der Waals surface area contributed by atoms with Crippen molar-refractivity contribution in [1.29, 1.82) is 5.26 Å². The highest BCUT2D eigenvalue weighted by Gasteiger charge is 2.14. The summed E-state index contributed by atoms with van der Waals surface area (Å²) in [6, 6.07) is 9.87. The lowest BCUT2D eigenvalue weighted by Gasteiger charge is -2.10. The number of aryl methyl sites for hydroxylation is 1. The van der Waals surface area contributed by atoms with Gasteiger partial charge in [0.2, 0.25) is 0 Å². The van der Waals surface area contributed by atoms with Gasteiger partial charge in [-0.1, -0.05) is 0 Å². The van der Waals surface area contributed by atoms with Crippen LogP contribution in [0.5, 0.6) is 0 Å². The number of anilines is 1. The topological polar surface area (TPSA) is 96.6 Å². The van der Waals surface area contributed by atoms with E-state index < -0.39 is 0 Å². The van der Waals surface area contributed by atoms with Gasteiger partial charge in [0, 0.05) is 57.3 Å². The molecule has 0 atom stereocenters. The van der Waals surface area contributed by atoms with E-state index in [1.165, 1.54) is 0 Å². The van der Waals surface area contributed by atoms with E-state index in [9.17, 15) is 5.26 Å². The fraction of sp³-hybridized carbons (Fsp3) is 0.300. The number of rotatable bonds is 6. The van der Waals surface area contributed by atoms with Crippen molar-refractivity contribution in [1.82, 2.24) is 19.7 Å². The molecule has 27 heavy (non-hydrogen) atoms. The van der Waals surface area contributed by atoms with Crippen LogP contribution in [-0.4, -0.2) is 40.4 Å². The van der Waals surface area contributed by atoms with Crippen molar-refractivity contribution in [2.24, 2.45) is 12.8 Å². The summed E-state index contributed by atoms with van der Waals surface area (Å²) >= 11 is 0. The highest BCUT2D eigenvalue weighted by molar-refractivity contribution is 5.63. The lowest BCUT2D eigenvalue weighted by Crippen LogP contribution is -2.09. The second kappa shape index (κ2) is 7.98. The van der Waals surface area contributed by atoms with Crippen molar-refractivity contribution in [3.63, 3.8) is 0 Å². The van der Waals surface area contributed by atoms with E-state index >= 15 is 0 Å². The van der Waals surface area contributed by atoms with Gasteiger partial charge in [0.1, 0.15) is 5.82 Å². The van der Waals surface area contributed by atoms with E-state index in [-0.39, 0.29) is 0 Å². The maximum Gasteiger partial charge on any atom is 0.159 e. The van der Waals surface area contributed by atoms with Crippen molar-refractivity contribution in [2.45, 2.75) is 12.8 Å². The summed E-state index contributed by atoms with van der Waals surface area (Å²) in [4.78, 5) is 11.0. The molecular weight excluding hydrogens is 338 g/mol. The van der Waals surface area contributed by atoms with Gasteiger partial charge >= 0.3 is 0 Å². The van der Waals surface area contributed by atoms with E-state index in [4.69, 9.17) is 5.73 Å². The van der Waals surface area contributed by atoms with Crippen LogP contribution in [0.4, 0.5) is 5.82 Å². The Kier molecular flexibility index (Phi) is 5.48. The first kappa shape index (κ1) is 18.5. The molecule has 7 nitrogen and oxygen atoms in total. The Balaban J connectivity index is 2.00. The van der Waals surface area contributed by atoms with E-state index in [1.807, 2.05) is 61.3 Å². The Morgan fingerprint density at radius 1 is 1.19 bits per heavy atom. The van der Waals surface area contributed by atoms with Crippen LogP contribution in [0.1, 0.15) is 22.4 Å². The minimum absolute atomic E-state index is 0.569. The summed E-state index contributed by atoms with van der Waals surface area (Å²) < 4.78 is 1.86. The SMILES string of the molecule is CN(C)c1cc(Cc2cc(C#N)ccc2-c2ncc(CCN)cn2)n(C)n1. The number of aromatic nitrogens is 4. The fourth-order valence-corrected chi connectivity index (χ4v) is 2.89. The fourth-order valence-electron chi connectivity index (χ4n) is 2.89. The van der Waals surface area contributed by atoms with Gasteiger partial charge in [-0.2, -0.15) is 10.4 Å². The maximum atomic E-state index is 9.30. The van der Waals surface area contributed by atoms with Crippen LogP contribution in [0.3, 0.4) is 0 Å². The molecule has 0 radical (unpaired) electrons. The summed E-state index contributed by atoms with van der Waals surface area (Å²) in [6.45, 7) is 0.569. The van der Waals surface area contributed by atoms with Gasteiger partial charge in [0.15, 0.2) is 5.82 Å². The Morgan fingerprint density at radius 3 is 2.52 bits per heavy atom. The van der Waals surface area contributed by atoms with Crippen LogP contribution in [0.15, 0.2) is 36.7 Å². The van der Waals surface area contributed by atoms with Gasteiger partial charge in [0.25, 0.3) is 0 Å². The summed E-state index contributed by atoms with van der Waals surface area (Å²) in [7, 11) is 5.85. The summed E-state index contributed by atoms with van der Waals surface area (Å²) in [5, 5.41) is 13.8. The van der Waals surface area contributed by atoms with Gasteiger partial charge in [-0.25, -0.2) is 9.97 Å². The highest BCUT2D eigenvalue weighted by Crippen LogP contribution is 2.25. The van der Waals surface area contributed by atoms with Gasteiger partial charge in [-0.15, -0.1) is 0 Å². The highest BCUT2D eigenvalue weighted by atomic mass is 15.3. The molecule has 0 aliphatic heterocycles. The zero-order valence-corrected chi connectivity index (χ0v) is 15.8. The second-order valence-corrected chi connectivity index (χ2v) is 6.63. The van der Waals surface area contributed by atoms with Crippen molar-refractivity contribution < 1.29 is 0 Å². The molecule has 7 heteroatoms. The zero-order valence-electron chi connectivity index (χ0n) is 15.8. The smallest absolute Gasteiger partial charge is 0.159 e. The third-order valence-corrected chi connectivity index (χ3v) is 4.41. The second-order valence-electron chi connectivity index (χ2n) is 6.63. The number of hydrogen-bond acceptors (Lipinski definition) is 6. The largest absolute Gasteiger partial charge is 0.361 e. The summed E-state index contributed by atoms with van der Waals surface area (Å²) in [5.41, 5.74) is 10.2. The molecule has 138 valence electrons. The average molecular weight is 361 g/mol. The zero-order chi connectivity index (χ0) is 19.4. The summed E-state index contributed by atoms with van der Waals surface area (Å²) in [5.74, 6) is 1.54. The van der Waals surface area contributed by atoms with Crippen LogP contribution in [-0.2, 0) is 19.9 Å². The van der Waals surface area contributed by atoms with Crippen LogP contribution >= 0.6 is 0 Å². The molecule has 2 heterocycles. The van der Waals surface area contributed by atoms with E-state index in [0.29, 0.717) is 24.4 Å². The Labute approximate surface area is 159 Å². The molecule has 0 saturated heterocycles. The molecule has 0 saturated carbocycles. The summed E-state index contributed by atoms with van der Waals surface area (Å²) in [6.07, 6.45) is 5.01. The molecule has 2 aromatic heterocycles. The maximum absolute atomic E-state index is 9.30. The van der Waals surface area contributed by atoms with Crippen molar-refractivity contribution in [3.05, 3.63) is 59.0 Å². The number of nitriles is 1. The molecule has 3 rings (SSSR count). The number of benzene rings is 1. The van der Waals surface area contributed by atoms with Gasteiger partial charge in [-0.3, -0.25) is 4.68 Å². The Bertz CT molecular complexity index is 965. The third-order valence-electron chi connectivity index (χ3n) is 4.41. The quantitative estimate of drug-likeness (QED) is 0.720. The normalized spacial score (nSPS) is 10.6. The minimum Gasteiger partial charge on any atom is -0.361 e. The predicted octanol–water partition coefficient (Wildman–Crippen LogP) is 1.91. The Morgan fingerprint density at radius 2 is 1.93 bits per heavy atom. The van der Waals surface area contributed by atoms with Gasteiger partial charge in [-0.05, 0) is 42.3 Å². The van der Waals surface area contributed by atoms with Gasteiger partial charge < -0.3 is 10.6 Å². The van der Waals surface area contributed by atoms with Crippen LogP contribution in [0, 0.1) is 11.3 Å². The van der Waals surface area contributed by atoms with Crippen molar-refractivity contribution >= 4 is 5.82 Å². The number of nitrogens with two attached hydrogens (primary N) is 1. The molecule has 0 spiro atoms. The van der Waals surface area contributed by atoms with Gasteiger partial charge in [0.05, 0.1) is 11.6 Å². The number of nitrogens with zero attached hydrogens (tertiary/aromatic N) is 6. The molecule has 0 bridgehead atoms. The molecule has 0 amide bonds. The molecule has 3 aromatic rings. The van der Waals surface area contributed by atoms with Crippen LogP contribution in [0.25, 0.3) is 11.4 Å². The predicted molar refractivity (Wildman–Crippen MR) is 105 cm³/mol. The molecule has 0 aliphatic carbocycles. The molecule has 2 N–H and O–H groups in total. The van der Waals surface area contributed by atoms with E-state index in [2.05, 4.69) is 21.1 Å². The van der Waals surface area contributed by atoms with Crippen molar-refractivity contribution in [2.75, 3.05) is 25.5 Å². The van der Waals surface area contributed by atoms with Crippen LogP contribution in [0.2, 0.25) is 0 Å². The first-order valence-electron chi connectivity index (χ1n) is 8.76. The number of hydrogen-bond donors (Lipinski definition) is 1. The van der Waals surface area contributed by atoms with E-state index in [0.717, 1.165) is 34.6 Å².